The Morgan fingerprint density at radius 3 is 3.10 bits per heavy atom. The first-order valence-electron chi connectivity index (χ1n) is 2.69. The third-order valence-corrected chi connectivity index (χ3v) is 2.22. The minimum Gasteiger partial charge on any atom is -0.200 e. The molecule has 0 saturated carbocycles. The molecular weight excluding hydrogens is 164 g/mol. The van der Waals surface area contributed by atoms with Crippen molar-refractivity contribution in [2.75, 3.05) is 0 Å². The molecule has 0 N–H and O–H groups in total. The van der Waals surface area contributed by atoms with Crippen molar-refractivity contribution < 1.29 is 0 Å². The second-order valence-electron chi connectivity index (χ2n) is 1.74. The first-order chi connectivity index (χ1) is 4.97. The standard InChI is InChI=1S/C6H3N2S2/c1-2-9-8-6(1)5-3-7-10-4-5/h1,3-4H. The Hall–Kier alpha value is -0.740. The van der Waals surface area contributed by atoms with E-state index in [1.165, 1.54) is 23.1 Å². The van der Waals surface area contributed by atoms with Gasteiger partial charge < -0.3 is 0 Å². The largest absolute Gasteiger partial charge is 0.200 e. The first-order valence-corrected chi connectivity index (χ1v) is 4.30. The maximum absolute atomic E-state index is 4.11. The lowest BCUT2D eigenvalue weighted by Crippen LogP contribution is -1.67. The van der Waals surface area contributed by atoms with Crippen LogP contribution in [0.15, 0.2) is 17.6 Å². The second kappa shape index (κ2) is 2.48. The normalized spacial score (nSPS) is 10.0. The van der Waals surface area contributed by atoms with Crippen molar-refractivity contribution in [1.82, 2.24) is 8.75 Å². The van der Waals surface area contributed by atoms with Crippen molar-refractivity contribution >= 4 is 23.1 Å². The van der Waals surface area contributed by atoms with Gasteiger partial charge in [-0.1, -0.05) is 0 Å². The zero-order valence-electron chi connectivity index (χ0n) is 4.94. The van der Waals surface area contributed by atoms with Crippen LogP contribution in [-0.2, 0) is 0 Å². The van der Waals surface area contributed by atoms with Crippen LogP contribution in [0.25, 0.3) is 11.3 Å². The molecule has 2 nitrogen and oxygen atoms in total. The fourth-order valence-corrected chi connectivity index (χ4v) is 1.66. The van der Waals surface area contributed by atoms with Crippen molar-refractivity contribution in [3.8, 4) is 11.3 Å². The molecule has 0 aliphatic heterocycles. The second-order valence-corrected chi connectivity index (χ2v) is 3.00. The molecule has 2 aromatic heterocycles. The lowest BCUT2D eigenvalue weighted by atomic mass is 10.3. The van der Waals surface area contributed by atoms with Gasteiger partial charge >= 0.3 is 0 Å². The van der Waals surface area contributed by atoms with Crippen LogP contribution in [-0.4, -0.2) is 8.75 Å². The minimum absolute atomic E-state index is 0.971. The SMILES string of the molecule is [c]1cc(-c2cnsc2)ns1. The molecular formula is C6H3N2S2. The molecule has 0 unspecified atom stereocenters. The molecule has 0 spiro atoms. The van der Waals surface area contributed by atoms with E-state index in [-0.39, 0.29) is 0 Å². The first kappa shape index (κ1) is 6.00. The average Bonchev–Trinajstić information content (AvgIpc) is 2.59. The van der Waals surface area contributed by atoms with Gasteiger partial charge in [-0.15, -0.1) is 0 Å². The molecule has 0 saturated heterocycles. The third kappa shape index (κ3) is 0.955. The lowest BCUT2D eigenvalue weighted by Gasteiger charge is -1.82. The molecule has 0 amide bonds. The summed E-state index contributed by atoms with van der Waals surface area (Å²) in [6, 6.07) is 1.87. The van der Waals surface area contributed by atoms with Gasteiger partial charge in [0, 0.05) is 10.9 Å². The Morgan fingerprint density at radius 2 is 2.50 bits per heavy atom. The van der Waals surface area contributed by atoms with Crippen LogP contribution in [0.5, 0.6) is 0 Å². The summed E-state index contributed by atoms with van der Waals surface area (Å²) in [5.74, 6) is 0. The van der Waals surface area contributed by atoms with E-state index in [9.17, 15) is 0 Å². The van der Waals surface area contributed by atoms with Gasteiger partial charge in [0.05, 0.1) is 17.3 Å². The van der Waals surface area contributed by atoms with Crippen molar-refractivity contribution in [3.63, 3.8) is 0 Å². The minimum atomic E-state index is 0.971. The van der Waals surface area contributed by atoms with E-state index >= 15 is 0 Å². The van der Waals surface area contributed by atoms with Gasteiger partial charge in [-0.2, -0.15) is 4.37 Å². The van der Waals surface area contributed by atoms with E-state index in [0.717, 1.165) is 11.3 Å². The van der Waals surface area contributed by atoms with Gasteiger partial charge in [0.15, 0.2) is 0 Å². The fraction of sp³-hybridized carbons (Fsp3) is 0. The summed E-state index contributed by atoms with van der Waals surface area (Å²) in [4.78, 5) is 0. The van der Waals surface area contributed by atoms with E-state index in [1.54, 1.807) is 0 Å². The molecule has 2 heterocycles. The van der Waals surface area contributed by atoms with Gasteiger partial charge in [0.2, 0.25) is 0 Å². The molecule has 0 aliphatic carbocycles. The third-order valence-electron chi connectivity index (χ3n) is 1.12. The Kier molecular flexibility index (Phi) is 1.49. The number of nitrogens with zero attached hydrogens (tertiary/aromatic N) is 2. The van der Waals surface area contributed by atoms with Gasteiger partial charge in [0.25, 0.3) is 0 Å². The molecule has 2 rings (SSSR count). The predicted molar refractivity (Wildman–Crippen MR) is 42.1 cm³/mol. The van der Waals surface area contributed by atoms with Gasteiger partial charge in [-0.3, -0.25) is 0 Å². The molecule has 0 aromatic carbocycles. The van der Waals surface area contributed by atoms with E-state index in [1.807, 2.05) is 17.6 Å². The van der Waals surface area contributed by atoms with E-state index in [2.05, 4.69) is 14.1 Å². The van der Waals surface area contributed by atoms with Crippen LogP contribution in [0.4, 0.5) is 0 Å². The van der Waals surface area contributed by atoms with Crippen LogP contribution < -0.4 is 0 Å². The highest BCUT2D eigenvalue weighted by molar-refractivity contribution is 7.04. The highest BCUT2D eigenvalue weighted by Crippen LogP contribution is 2.18. The summed E-state index contributed by atoms with van der Waals surface area (Å²) >= 11 is 2.78. The van der Waals surface area contributed by atoms with Crippen LogP contribution in [0, 0.1) is 5.38 Å². The fourth-order valence-electron chi connectivity index (χ4n) is 0.651. The Morgan fingerprint density at radius 1 is 1.50 bits per heavy atom. The quantitative estimate of drug-likeness (QED) is 0.649. The van der Waals surface area contributed by atoms with Crippen molar-refractivity contribution in [2.24, 2.45) is 0 Å². The van der Waals surface area contributed by atoms with E-state index < -0.39 is 0 Å². The van der Waals surface area contributed by atoms with Crippen molar-refractivity contribution in [1.29, 1.82) is 0 Å². The number of aromatic nitrogens is 2. The molecule has 49 valence electrons. The smallest absolute Gasteiger partial charge is 0.0871 e. The predicted octanol–water partition coefficient (Wildman–Crippen LogP) is 2.07. The molecule has 2 aromatic rings. The summed E-state index contributed by atoms with van der Waals surface area (Å²) in [7, 11) is 0. The topological polar surface area (TPSA) is 25.8 Å². The van der Waals surface area contributed by atoms with Gasteiger partial charge in [-0.05, 0) is 29.1 Å². The van der Waals surface area contributed by atoms with E-state index in [0.29, 0.717) is 0 Å². The Bertz CT molecular complexity index is 253. The van der Waals surface area contributed by atoms with Crippen LogP contribution in [0.3, 0.4) is 0 Å². The van der Waals surface area contributed by atoms with Crippen LogP contribution in [0.1, 0.15) is 0 Å². The van der Waals surface area contributed by atoms with E-state index in [4.69, 9.17) is 0 Å². The highest BCUT2D eigenvalue weighted by Gasteiger charge is 1.98. The zero-order valence-corrected chi connectivity index (χ0v) is 6.58. The molecule has 4 heteroatoms. The molecule has 0 bridgehead atoms. The van der Waals surface area contributed by atoms with Crippen molar-refractivity contribution in [2.45, 2.75) is 0 Å². The average molecular weight is 167 g/mol. The Labute approximate surface area is 66.5 Å². The molecule has 0 aliphatic rings. The summed E-state index contributed by atoms with van der Waals surface area (Å²) < 4.78 is 8.08. The molecule has 1 radical (unpaired) electrons. The van der Waals surface area contributed by atoms with Gasteiger partial charge in [0.1, 0.15) is 0 Å². The Balaban J connectivity index is 2.48. The molecule has 0 fully saturated rings. The lowest BCUT2D eigenvalue weighted by molar-refractivity contribution is 1.51. The maximum atomic E-state index is 4.11. The summed E-state index contributed by atoms with van der Waals surface area (Å²) in [5.41, 5.74) is 2.06. The van der Waals surface area contributed by atoms with Crippen LogP contribution in [0.2, 0.25) is 0 Å². The van der Waals surface area contributed by atoms with Crippen LogP contribution >= 0.6 is 23.1 Å². The highest BCUT2D eigenvalue weighted by atomic mass is 32.1. The maximum Gasteiger partial charge on any atom is 0.0871 e. The zero-order chi connectivity index (χ0) is 6.81. The number of rotatable bonds is 1. The monoisotopic (exact) mass is 167 g/mol. The summed E-state index contributed by atoms with van der Waals surface area (Å²) in [5, 5.41) is 4.90. The molecule has 0 atom stereocenters. The summed E-state index contributed by atoms with van der Waals surface area (Å²) in [6.07, 6.45) is 1.81. The molecule has 10 heavy (non-hydrogen) atoms. The number of hydrogen-bond donors (Lipinski definition) is 0. The van der Waals surface area contributed by atoms with Crippen molar-refractivity contribution in [3.05, 3.63) is 23.0 Å². The number of hydrogen-bond acceptors (Lipinski definition) is 4. The summed E-state index contributed by atoms with van der Waals surface area (Å²) in [6.45, 7) is 0. The van der Waals surface area contributed by atoms with Gasteiger partial charge in [-0.25, -0.2) is 4.37 Å².